The molecule has 1 amide bonds. The molecule has 4 aromatic rings. The van der Waals surface area contributed by atoms with Crippen molar-refractivity contribution in [3.8, 4) is 0 Å². The van der Waals surface area contributed by atoms with Gasteiger partial charge in [-0.15, -0.1) is 0 Å². The first kappa shape index (κ1) is 33.4. The number of carboxylic acid groups (broad SMARTS) is 1. The van der Waals surface area contributed by atoms with Crippen LogP contribution in [0, 0.1) is 0 Å². The van der Waals surface area contributed by atoms with Crippen molar-refractivity contribution in [1.82, 2.24) is 10.2 Å². The van der Waals surface area contributed by atoms with Gasteiger partial charge in [0, 0.05) is 5.54 Å². The Balaban J connectivity index is 0.000000293. The van der Waals surface area contributed by atoms with Gasteiger partial charge in [-0.25, -0.2) is 4.79 Å². The predicted molar refractivity (Wildman–Crippen MR) is 189 cm³/mol. The van der Waals surface area contributed by atoms with Crippen molar-refractivity contribution in [3.63, 3.8) is 0 Å². The average Bonchev–Trinajstić information content (AvgIpc) is 3.84. The van der Waals surface area contributed by atoms with Crippen molar-refractivity contribution >= 4 is 23.5 Å². The number of nitrogens with one attached hydrogen (secondary N) is 1. The Labute approximate surface area is 281 Å². The van der Waals surface area contributed by atoms with E-state index in [-0.39, 0.29) is 11.6 Å². The summed E-state index contributed by atoms with van der Waals surface area (Å²) >= 11 is -1.11. The molecule has 1 saturated heterocycles. The number of amides is 1. The number of rotatable bonds is 11. The summed E-state index contributed by atoms with van der Waals surface area (Å²) < 4.78 is 8.27. The summed E-state index contributed by atoms with van der Waals surface area (Å²) in [5.74, 6) is 0. The fourth-order valence-corrected chi connectivity index (χ4v) is 10.5. The normalized spacial score (nSPS) is 15.5. The molecular weight excluding hydrogens is 626 g/mol. The first-order chi connectivity index (χ1) is 22.3. The summed E-state index contributed by atoms with van der Waals surface area (Å²) in [6.45, 7) is 7.71. The van der Waals surface area contributed by atoms with Crippen LogP contribution >= 0.6 is 0 Å². The zero-order valence-corrected chi connectivity index (χ0v) is 30.3. The molecule has 0 bridgehead atoms. The Morgan fingerprint density at radius 3 is 1.61 bits per heavy atom. The van der Waals surface area contributed by atoms with Gasteiger partial charge < -0.3 is 14.7 Å². The van der Waals surface area contributed by atoms with E-state index < -0.39 is 23.5 Å². The van der Waals surface area contributed by atoms with Gasteiger partial charge in [0.25, 0.3) is 0 Å². The summed E-state index contributed by atoms with van der Waals surface area (Å²) in [5, 5.41) is 12.8. The molecule has 2 N–H and O–H groups in total. The van der Waals surface area contributed by atoms with Gasteiger partial charge in [-0.3, -0.25) is 0 Å². The van der Waals surface area contributed by atoms with E-state index in [0.29, 0.717) is 13.2 Å². The summed E-state index contributed by atoms with van der Waals surface area (Å²) in [6, 6.07) is 43.8. The molecule has 1 fully saturated rings. The second-order valence-electron chi connectivity index (χ2n) is 13.1. The molecule has 0 radical (unpaired) electrons. The van der Waals surface area contributed by atoms with Gasteiger partial charge in [-0.2, -0.15) is 0 Å². The second kappa shape index (κ2) is 16.0. The zero-order chi connectivity index (χ0) is 32.4. The standard InChI is InChI=1S/C32H29N.C8H15NO3.Ga.H/c1-5-13-27(14-6-1)21-22-31(23-28-15-7-2-8-16-28)32(24-29-17-9-3-10-18-29)26-33-25-30-19-11-4-12-20-30;1-8(2,3)9(7(10)11)4-6-5-12-6;;/h1-20,33H,21,23-25H2;6H,4-5H2,1-3H3,(H,10,11);;/t;6-;;/m.1../s1. The van der Waals surface area contributed by atoms with E-state index >= 15 is 0 Å². The molecule has 4 aromatic carbocycles. The van der Waals surface area contributed by atoms with E-state index in [2.05, 4.69) is 127 Å². The Kier molecular flexibility index (Phi) is 11.6. The summed E-state index contributed by atoms with van der Waals surface area (Å²) in [5.41, 5.74) is 8.38. The van der Waals surface area contributed by atoms with Gasteiger partial charge in [0.1, 0.15) is 0 Å². The van der Waals surface area contributed by atoms with Crippen LogP contribution in [0.4, 0.5) is 4.79 Å². The SMILES string of the molecule is CC(C)(C)N(C[C@@H]1CO1)C(=O)O.c1ccc(CN[C]2=C(Cc3ccccc3)C(Cc3ccccc3)=[C](Cc3ccccc3)[GaH]2)cc1. The molecule has 1 atom stereocenters. The van der Waals surface area contributed by atoms with Crippen LogP contribution in [0.1, 0.15) is 43.0 Å². The van der Waals surface area contributed by atoms with Gasteiger partial charge in [-0.1, -0.05) is 0 Å². The van der Waals surface area contributed by atoms with Crippen LogP contribution in [0.15, 0.2) is 141 Å². The van der Waals surface area contributed by atoms with Gasteiger partial charge >= 0.3 is 218 Å². The number of allylic oxidation sites excluding steroid dienone is 3. The van der Waals surface area contributed by atoms with Gasteiger partial charge in [-0.05, 0) is 20.8 Å². The molecule has 0 saturated carbocycles. The summed E-state index contributed by atoms with van der Waals surface area (Å²) in [7, 11) is 0. The van der Waals surface area contributed by atoms with Crippen molar-refractivity contribution in [3.05, 3.63) is 163 Å². The van der Waals surface area contributed by atoms with Gasteiger partial charge in [0.15, 0.2) is 0 Å². The average molecular weight is 672 g/mol. The molecule has 46 heavy (non-hydrogen) atoms. The maximum absolute atomic E-state index is 10.8. The third-order valence-electron chi connectivity index (χ3n) is 8.43. The van der Waals surface area contributed by atoms with E-state index in [4.69, 9.17) is 9.84 Å². The molecule has 0 aliphatic carbocycles. The molecule has 6 rings (SSSR count). The van der Waals surface area contributed by atoms with E-state index in [9.17, 15) is 4.79 Å². The Morgan fingerprint density at radius 1 is 0.739 bits per heavy atom. The molecule has 5 nitrogen and oxygen atoms in total. The molecule has 2 aliphatic rings. The molecule has 2 heterocycles. The van der Waals surface area contributed by atoms with Crippen LogP contribution in [-0.4, -0.2) is 58.3 Å². The number of carbonyl (C=O) groups is 1. The third kappa shape index (κ3) is 10.0. The van der Waals surface area contributed by atoms with Crippen LogP contribution < -0.4 is 5.32 Å². The third-order valence-corrected chi connectivity index (χ3v) is 12.9. The number of hydrogen-bond acceptors (Lipinski definition) is 3. The van der Waals surface area contributed by atoms with Crippen LogP contribution in [0.25, 0.3) is 0 Å². The van der Waals surface area contributed by atoms with E-state index in [1.807, 2.05) is 20.8 Å². The van der Waals surface area contributed by atoms with Crippen molar-refractivity contribution in [1.29, 1.82) is 0 Å². The quantitative estimate of drug-likeness (QED) is 0.128. The second-order valence-corrected chi connectivity index (χ2v) is 17.1. The number of nitrogens with zero attached hydrogens (tertiary/aromatic N) is 1. The zero-order valence-electron chi connectivity index (χ0n) is 27.3. The molecular formula is C40H45GaN2O3. The molecule has 6 heteroatoms. The van der Waals surface area contributed by atoms with Crippen molar-refractivity contribution < 1.29 is 14.6 Å². The maximum atomic E-state index is 10.8. The van der Waals surface area contributed by atoms with E-state index in [0.717, 1.165) is 25.8 Å². The van der Waals surface area contributed by atoms with Crippen molar-refractivity contribution in [2.45, 2.75) is 58.2 Å². The Hall–Kier alpha value is -3.97. The predicted octanol–water partition coefficient (Wildman–Crippen LogP) is 7.58. The van der Waals surface area contributed by atoms with Gasteiger partial charge in [0.05, 0.1) is 19.3 Å². The molecule has 0 aromatic heterocycles. The van der Waals surface area contributed by atoms with Crippen LogP contribution in [0.2, 0.25) is 0 Å². The summed E-state index contributed by atoms with van der Waals surface area (Å²) in [6.07, 6.45) is 2.35. The Morgan fingerprint density at radius 2 is 1.17 bits per heavy atom. The van der Waals surface area contributed by atoms with E-state index in [1.54, 1.807) is 19.5 Å². The monoisotopic (exact) mass is 670 g/mol. The van der Waals surface area contributed by atoms with Crippen LogP contribution in [-0.2, 0) is 30.5 Å². The first-order valence-electron chi connectivity index (χ1n) is 16.2. The minimum absolute atomic E-state index is 0.125. The molecule has 0 unspecified atom stereocenters. The molecule has 2 aliphatic heterocycles. The summed E-state index contributed by atoms with van der Waals surface area (Å²) in [4.78, 5) is 12.2. The number of hydrogen-bond donors (Lipinski definition) is 2. The van der Waals surface area contributed by atoms with Crippen molar-refractivity contribution in [2.75, 3.05) is 13.2 Å². The van der Waals surface area contributed by atoms with Crippen LogP contribution in [0.3, 0.4) is 0 Å². The molecule has 0 spiro atoms. The number of benzene rings is 4. The van der Waals surface area contributed by atoms with Crippen molar-refractivity contribution in [2.24, 2.45) is 0 Å². The minimum atomic E-state index is -1.11. The number of ether oxygens (including phenoxy) is 1. The fourth-order valence-electron chi connectivity index (χ4n) is 5.87. The van der Waals surface area contributed by atoms with Gasteiger partial charge in [0.2, 0.25) is 0 Å². The van der Waals surface area contributed by atoms with E-state index in [1.165, 1.54) is 27.2 Å². The molecule has 236 valence electrons. The first-order valence-corrected chi connectivity index (χ1v) is 19.2. The van der Waals surface area contributed by atoms with Crippen LogP contribution in [0.5, 0.6) is 0 Å². The Bertz CT molecular complexity index is 1610. The topological polar surface area (TPSA) is 65.1 Å². The number of epoxide rings is 1. The fraction of sp³-hybridized carbons (Fsp3) is 0.275.